The van der Waals surface area contributed by atoms with Crippen molar-refractivity contribution in [2.45, 2.75) is 18.4 Å². The van der Waals surface area contributed by atoms with Crippen LogP contribution >= 0.6 is 11.6 Å². The Hall–Kier alpha value is -1.00. The third kappa shape index (κ3) is 2.04. The highest BCUT2D eigenvalue weighted by Gasteiger charge is 2.46. The Morgan fingerprint density at radius 3 is 2.61 bits per heavy atom. The number of hydrogen-bond acceptors (Lipinski definition) is 3. The molecular weight excluding hydrogens is 257 g/mol. The Labute approximate surface area is 110 Å². The highest BCUT2D eigenvalue weighted by atomic mass is 35.5. The van der Waals surface area contributed by atoms with Crippen molar-refractivity contribution in [2.24, 2.45) is 0 Å². The fraction of sp³-hybridized carbons (Fsp3) is 0.538. The van der Waals surface area contributed by atoms with Crippen molar-refractivity contribution in [1.82, 2.24) is 0 Å². The first-order chi connectivity index (χ1) is 8.63. The first-order valence-electron chi connectivity index (χ1n) is 6.05. The minimum absolute atomic E-state index is 0.101. The van der Waals surface area contributed by atoms with E-state index in [0.29, 0.717) is 16.5 Å². The molecule has 2 heterocycles. The molecule has 18 heavy (non-hydrogen) atoms. The summed E-state index contributed by atoms with van der Waals surface area (Å²) in [5.41, 5.74) is 0.662. The summed E-state index contributed by atoms with van der Waals surface area (Å²) < 4.78 is 24.5. The minimum Gasteiger partial charge on any atom is -0.495 e. The third-order valence-electron chi connectivity index (χ3n) is 3.79. The lowest BCUT2D eigenvalue weighted by atomic mass is 9.97. The summed E-state index contributed by atoms with van der Waals surface area (Å²) in [6.45, 7) is 2.47. The van der Waals surface area contributed by atoms with Gasteiger partial charge in [-0.3, -0.25) is 0 Å². The number of piperidine rings is 1. The molecule has 5 heteroatoms. The summed E-state index contributed by atoms with van der Waals surface area (Å²) >= 11 is 5.89. The number of anilines is 1. The molecule has 1 aromatic rings. The van der Waals surface area contributed by atoms with Gasteiger partial charge in [0.1, 0.15) is 11.6 Å². The van der Waals surface area contributed by atoms with Crippen LogP contribution in [0.4, 0.5) is 10.1 Å². The Balaban J connectivity index is 1.83. The van der Waals surface area contributed by atoms with Crippen LogP contribution in [0.3, 0.4) is 0 Å². The first-order valence-corrected chi connectivity index (χ1v) is 6.43. The van der Waals surface area contributed by atoms with Gasteiger partial charge in [-0.05, 0) is 18.9 Å². The van der Waals surface area contributed by atoms with Gasteiger partial charge in [0.25, 0.3) is 0 Å². The molecular formula is C13H15ClFNO2. The molecule has 1 aromatic carbocycles. The fourth-order valence-corrected chi connectivity index (χ4v) is 2.69. The van der Waals surface area contributed by atoms with Gasteiger partial charge in [0, 0.05) is 19.2 Å². The van der Waals surface area contributed by atoms with Crippen molar-refractivity contribution in [3.05, 3.63) is 23.0 Å². The molecule has 2 fully saturated rings. The van der Waals surface area contributed by atoms with Crippen LogP contribution < -0.4 is 9.64 Å². The van der Waals surface area contributed by atoms with Crippen molar-refractivity contribution in [1.29, 1.82) is 0 Å². The van der Waals surface area contributed by atoms with Gasteiger partial charge < -0.3 is 14.4 Å². The van der Waals surface area contributed by atoms with Crippen LogP contribution in [-0.2, 0) is 4.74 Å². The molecule has 2 aliphatic heterocycles. The van der Waals surface area contributed by atoms with Gasteiger partial charge in [-0.25, -0.2) is 4.39 Å². The van der Waals surface area contributed by atoms with Crippen molar-refractivity contribution in [3.63, 3.8) is 0 Å². The Kier molecular flexibility index (Phi) is 2.87. The Morgan fingerprint density at radius 1 is 1.39 bits per heavy atom. The van der Waals surface area contributed by atoms with Crippen LogP contribution in [0.2, 0.25) is 5.02 Å². The van der Waals surface area contributed by atoms with Crippen LogP contribution in [0.1, 0.15) is 12.8 Å². The van der Waals surface area contributed by atoms with Crippen LogP contribution in [0.25, 0.3) is 0 Å². The van der Waals surface area contributed by atoms with E-state index < -0.39 is 0 Å². The van der Waals surface area contributed by atoms with Gasteiger partial charge in [-0.1, -0.05) is 11.6 Å². The van der Waals surface area contributed by atoms with E-state index in [1.807, 2.05) is 4.90 Å². The summed E-state index contributed by atoms with van der Waals surface area (Å²) in [5, 5.41) is 0.303. The summed E-state index contributed by atoms with van der Waals surface area (Å²) in [6.07, 6.45) is 1.91. The van der Waals surface area contributed by atoms with E-state index >= 15 is 0 Å². The van der Waals surface area contributed by atoms with E-state index in [0.717, 1.165) is 32.5 Å². The molecule has 1 spiro atoms. The predicted octanol–water partition coefficient (Wildman–Crippen LogP) is 2.86. The van der Waals surface area contributed by atoms with Crippen LogP contribution in [-0.4, -0.2) is 32.4 Å². The van der Waals surface area contributed by atoms with Gasteiger partial charge in [0.2, 0.25) is 0 Å². The summed E-state index contributed by atoms with van der Waals surface area (Å²) in [7, 11) is 1.53. The van der Waals surface area contributed by atoms with Gasteiger partial charge >= 0.3 is 0 Å². The molecule has 0 aliphatic carbocycles. The Bertz CT molecular complexity index is 466. The van der Waals surface area contributed by atoms with E-state index in [1.54, 1.807) is 6.07 Å². The molecule has 0 unspecified atom stereocenters. The monoisotopic (exact) mass is 271 g/mol. The van der Waals surface area contributed by atoms with Gasteiger partial charge in [0.05, 0.1) is 30.0 Å². The third-order valence-corrected chi connectivity index (χ3v) is 4.08. The molecule has 3 nitrogen and oxygen atoms in total. The molecule has 98 valence electrons. The zero-order chi connectivity index (χ0) is 12.8. The lowest BCUT2D eigenvalue weighted by Crippen LogP contribution is -2.38. The predicted molar refractivity (Wildman–Crippen MR) is 68.1 cm³/mol. The first kappa shape index (κ1) is 12.1. The molecule has 2 saturated heterocycles. The number of methoxy groups -OCH3 is 1. The van der Waals surface area contributed by atoms with Crippen molar-refractivity contribution in [3.8, 4) is 5.75 Å². The topological polar surface area (TPSA) is 25.0 Å². The highest BCUT2D eigenvalue weighted by molar-refractivity contribution is 6.32. The van der Waals surface area contributed by atoms with Crippen molar-refractivity contribution in [2.75, 3.05) is 31.7 Å². The van der Waals surface area contributed by atoms with Crippen LogP contribution in [0.5, 0.6) is 5.75 Å². The molecule has 0 atom stereocenters. The number of benzene rings is 1. The molecule has 0 aromatic heterocycles. The van der Waals surface area contributed by atoms with Crippen molar-refractivity contribution >= 4 is 17.3 Å². The van der Waals surface area contributed by atoms with Crippen molar-refractivity contribution < 1.29 is 13.9 Å². The number of hydrogen-bond donors (Lipinski definition) is 0. The highest BCUT2D eigenvalue weighted by Crippen LogP contribution is 2.40. The molecule has 0 amide bonds. The van der Waals surface area contributed by atoms with Crippen LogP contribution in [0.15, 0.2) is 12.1 Å². The normalized spacial score (nSPS) is 21.2. The second-order valence-corrected chi connectivity index (χ2v) is 5.30. The molecule has 0 saturated carbocycles. The maximum Gasteiger partial charge on any atom is 0.148 e. The maximum atomic E-state index is 13.9. The SMILES string of the molecule is COc1cc(N2CCC3(CC2)CO3)c(F)cc1Cl. The lowest BCUT2D eigenvalue weighted by Gasteiger charge is -2.32. The standard InChI is InChI=1S/C13H15ClFNO2/c1-17-12-7-11(10(15)6-9(12)14)16-4-2-13(3-5-16)8-18-13/h6-7H,2-5,8H2,1H3. The number of halogens is 2. The number of ether oxygens (including phenoxy) is 2. The zero-order valence-corrected chi connectivity index (χ0v) is 11.0. The quantitative estimate of drug-likeness (QED) is 0.774. The zero-order valence-electron chi connectivity index (χ0n) is 10.2. The average Bonchev–Trinajstić information content (AvgIpc) is 3.11. The van der Waals surface area contributed by atoms with E-state index in [-0.39, 0.29) is 11.4 Å². The van der Waals surface area contributed by atoms with E-state index in [9.17, 15) is 4.39 Å². The van der Waals surface area contributed by atoms with Gasteiger partial charge in [-0.2, -0.15) is 0 Å². The minimum atomic E-state index is -0.298. The summed E-state index contributed by atoms with van der Waals surface area (Å²) in [5.74, 6) is 0.212. The van der Waals surface area contributed by atoms with Gasteiger partial charge in [-0.15, -0.1) is 0 Å². The molecule has 3 rings (SSSR count). The second kappa shape index (κ2) is 4.28. The second-order valence-electron chi connectivity index (χ2n) is 4.90. The number of epoxide rings is 1. The largest absolute Gasteiger partial charge is 0.495 e. The van der Waals surface area contributed by atoms with Gasteiger partial charge in [0.15, 0.2) is 0 Å². The summed E-state index contributed by atoms with van der Waals surface area (Å²) in [4.78, 5) is 2.03. The molecule has 0 bridgehead atoms. The lowest BCUT2D eigenvalue weighted by molar-refractivity contribution is 0.258. The molecule has 0 N–H and O–H groups in total. The molecule has 2 aliphatic rings. The Morgan fingerprint density at radius 2 is 2.06 bits per heavy atom. The number of nitrogens with zero attached hydrogens (tertiary/aromatic N) is 1. The number of rotatable bonds is 2. The average molecular weight is 272 g/mol. The molecule has 0 radical (unpaired) electrons. The van der Waals surface area contributed by atoms with E-state index in [4.69, 9.17) is 21.1 Å². The summed E-state index contributed by atoms with van der Waals surface area (Å²) in [6, 6.07) is 2.98. The maximum absolute atomic E-state index is 13.9. The van der Waals surface area contributed by atoms with E-state index in [1.165, 1.54) is 13.2 Å². The van der Waals surface area contributed by atoms with E-state index in [2.05, 4.69) is 0 Å². The van der Waals surface area contributed by atoms with Crippen LogP contribution in [0, 0.1) is 5.82 Å². The smallest absolute Gasteiger partial charge is 0.148 e. The fourth-order valence-electron chi connectivity index (χ4n) is 2.46.